The average Bonchev–Trinajstić information content (AvgIpc) is 2.46. The van der Waals surface area contributed by atoms with E-state index in [1.54, 1.807) is 12.1 Å². The van der Waals surface area contributed by atoms with Gasteiger partial charge in [0.25, 0.3) is 0 Å². The van der Waals surface area contributed by atoms with Crippen molar-refractivity contribution < 1.29 is 19.0 Å². The monoisotopic (exact) mass is 302 g/mol. The number of carbonyl (C=O) groups is 1. The lowest BCUT2D eigenvalue weighted by atomic mass is 9.96. The standard InChI is InChI=1S/C18H19FO3/c1-12-7-8-17(13(2)11-12)22-10-9-15(18(20)21)14-5-3-4-6-16(14)19/h3-8,11,15H,9-10H2,1-2H3,(H,20,21). The Hall–Kier alpha value is -2.36. The van der Waals surface area contributed by atoms with Crippen molar-refractivity contribution in [3.05, 3.63) is 65.0 Å². The summed E-state index contributed by atoms with van der Waals surface area (Å²) >= 11 is 0. The minimum Gasteiger partial charge on any atom is -0.493 e. The van der Waals surface area contributed by atoms with Crippen LogP contribution in [0.15, 0.2) is 42.5 Å². The molecule has 1 unspecified atom stereocenters. The zero-order valence-corrected chi connectivity index (χ0v) is 12.7. The van der Waals surface area contributed by atoms with Gasteiger partial charge in [0.05, 0.1) is 12.5 Å². The zero-order chi connectivity index (χ0) is 16.1. The predicted octanol–water partition coefficient (Wildman–Crippen LogP) is 4.08. The van der Waals surface area contributed by atoms with Crippen LogP contribution in [0, 0.1) is 19.7 Å². The Balaban J connectivity index is 2.04. The van der Waals surface area contributed by atoms with Crippen molar-refractivity contribution in [3.63, 3.8) is 0 Å². The lowest BCUT2D eigenvalue weighted by Crippen LogP contribution is -2.16. The van der Waals surface area contributed by atoms with Gasteiger partial charge in [-0.2, -0.15) is 0 Å². The van der Waals surface area contributed by atoms with Crippen LogP contribution in [-0.4, -0.2) is 17.7 Å². The normalized spacial score (nSPS) is 12.0. The molecule has 2 aromatic rings. The smallest absolute Gasteiger partial charge is 0.311 e. The van der Waals surface area contributed by atoms with Crippen LogP contribution in [0.5, 0.6) is 5.75 Å². The number of carboxylic acids is 1. The topological polar surface area (TPSA) is 46.5 Å². The van der Waals surface area contributed by atoms with E-state index in [1.165, 1.54) is 12.1 Å². The van der Waals surface area contributed by atoms with Gasteiger partial charge in [0, 0.05) is 5.56 Å². The second-order valence-corrected chi connectivity index (χ2v) is 5.32. The molecule has 1 atom stereocenters. The number of hydrogen-bond donors (Lipinski definition) is 1. The molecule has 0 saturated heterocycles. The molecular weight excluding hydrogens is 283 g/mol. The fourth-order valence-electron chi connectivity index (χ4n) is 2.42. The number of aryl methyl sites for hydroxylation is 2. The molecule has 0 radical (unpaired) electrons. The maximum Gasteiger partial charge on any atom is 0.311 e. The molecule has 0 spiro atoms. The number of ether oxygens (including phenoxy) is 1. The molecule has 0 aromatic heterocycles. The van der Waals surface area contributed by atoms with Gasteiger partial charge in [-0.3, -0.25) is 4.79 Å². The summed E-state index contributed by atoms with van der Waals surface area (Å²) in [6.45, 7) is 4.15. The van der Waals surface area contributed by atoms with Crippen molar-refractivity contribution in [1.82, 2.24) is 0 Å². The molecule has 0 aliphatic rings. The van der Waals surface area contributed by atoms with Crippen molar-refractivity contribution in [2.24, 2.45) is 0 Å². The van der Waals surface area contributed by atoms with E-state index in [2.05, 4.69) is 0 Å². The van der Waals surface area contributed by atoms with Crippen molar-refractivity contribution in [2.45, 2.75) is 26.2 Å². The van der Waals surface area contributed by atoms with Crippen LogP contribution in [0.2, 0.25) is 0 Å². The van der Waals surface area contributed by atoms with Crippen LogP contribution in [0.1, 0.15) is 29.0 Å². The van der Waals surface area contributed by atoms with Crippen LogP contribution >= 0.6 is 0 Å². The molecule has 0 amide bonds. The highest BCUT2D eigenvalue weighted by atomic mass is 19.1. The first-order valence-electron chi connectivity index (χ1n) is 7.16. The zero-order valence-electron chi connectivity index (χ0n) is 12.7. The second kappa shape index (κ2) is 7.07. The number of benzene rings is 2. The maximum absolute atomic E-state index is 13.8. The minimum atomic E-state index is -1.05. The highest BCUT2D eigenvalue weighted by Crippen LogP contribution is 2.24. The van der Waals surface area contributed by atoms with Gasteiger partial charge in [-0.05, 0) is 38.0 Å². The molecule has 2 aromatic carbocycles. The van der Waals surface area contributed by atoms with Crippen LogP contribution in [0.3, 0.4) is 0 Å². The van der Waals surface area contributed by atoms with E-state index in [0.29, 0.717) is 0 Å². The molecule has 0 heterocycles. The molecule has 2 rings (SSSR count). The Kier molecular flexibility index (Phi) is 5.15. The number of halogens is 1. The Labute approximate surface area is 129 Å². The van der Waals surface area contributed by atoms with Gasteiger partial charge >= 0.3 is 5.97 Å². The van der Waals surface area contributed by atoms with Gasteiger partial charge in [0.15, 0.2) is 0 Å². The van der Waals surface area contributed by atoms with Crippen molar-refractivity contribution in [2.75, 3.05) is 6.61 Å². The summed E-state index contributed by atoms with van der Waals surface area (Å²) in [6, 6.07) is 11.8. The van der Waals surface area contributed by atoms with E-state index in [9.17, 15) is 14.3 Å². The number of aliphatic carboxylic acids is 1. The predicted molar refractivity (Wildman–Crippen MR) is 82.8 cm³/mol. The molecule has 0 fully saturated rings. The van der Waals surface area contributed by atoms with E-state index >= 15 is 0 Å². The van der Waals surface area contributed by atoms with Gasteiger partial charge in [-0.1, -0.05) is 35.9 Å². The molecule has 22 heavy (non-hydrogen) atoms. The van der Waals surface area contributed by atoms with Gasteiger partial charge in [-0.25, -0.2) is 4.39 Å². The first-order valence-corrected chi connectivity index (χ1v) is 7.16. The summed E-state index contributed by atoms with van der Waals surface area (Å²) in [7, 11) is 0. The van der Waals surface area contributed by atoms with Gasteiger partial charge in [0.2, 0.25) is 0 Å². The van der Waals surface area contributed by atoms with Gasteiger partial charge in [0.1, 0.15) is 11.6 Å². The molecule has 1 N–H and O–H groups in total. The minimum absolute atomic E-state index is 0.194. The van der Waals surface area contributed by atoms with Crippen LogP contribution in [0.4, 0.5) is 4.39 Å². The number of hydrogen-bond acceptors (Lipinski definition) is 2. The van der Waals surface area contributed by atoms with Crippen LogP contribution < -0.4 is 4.74 Å². The first-order chi connectivity index (χ1) is 10.5. The van der Waals surface area contributed by atoms with E-state index in [0.717, 1.165) is 16.9 Å². The highest BCUT2D eigenvalue weighted by molar-refractivity contribution is 5.76. The second-order valence-electron chi connectivity index (χ2n) is 5.32. The third kappa shape index (κ3) is 3.85. The Morgan fingerprint density at radius 1 is 1.23 bits per heavy atom. The fraction of sp³-hybridized carbons (Fsp3) is 0.278. The SMILES string of the molecule is Cc1ccc(OCCC(C(=O)O)c2ccccc2F)c(C)c1. The average molecular weight is 302 g/mol. The summed E-state index contributed by atoms with van der Waals surface area (Å²) in [5.41, 5.74) is 2.33. The number of rotatable bonds is 6. The molecule has 0 aliphatic heterocycles. The Morgan fingerprint density at radius 2 is 1.95 bits per heavy atom. The molecule has 3 nitrogen and oxygen atoms in total. The van der Waals surface area contributed by atoms with E-state index in [-0.39, 0.29) is 18.6 Å². The van der Waals surface area contributed by atoms with Gasteiger partial charge in [-0.15, -0.1) is 0 Å². The molecular formula is C18H19FO3. The molecule has 0 bridgehead atoms. The van der Waals surface area contributed by atoms with Gasteiger partial charge < -0.3 is 9.84 Å². The van der Waals surface area contributed by atoms with Crippen molar-refractivity contribution in [3.8, 4) is 5.75 Å². The maximum atomic E-state index is 13.8. The summed E-state index contributed by atoms with van der Waals surface area (Å²) in [5.74, 6) is -1.73. The number of carboxylic acid groups (broad SMARTS) is 1. The first kappa shape index (κ1) is 16.0. The molecule has 4 heteroatoms. The highest BCUT2D eigenvalue weighted by Gasteiger charge is 2.22. The third-order valence-corrected chi connectivity index (χ3v) is 3.57. The Bertz CT molecular complexity index is 667. The van der Waals surface area contributed by atoms with Crippen LogP contribution in [-0.2, 0) is 4.79 Å². The van der Waals surface area contributed by atoms with Crippen molar-refractivity contribution in [1.29, 1.82) is 0 Å². The summed E-state index contributed by atoms with van der Waals surface area (Å²) in [5, 5.41) is 9.32. The van der Waals surface area contributed by atoms with Crippen LogP contribution in [0.25, 0.3) is 0 Å². The third-order valence-electron chi connectivity index (χ3n) is 3.57. The summed E-state index contributed by atoms with van der Waals surface area (Å²) < 4.78 is 19.4. The lowest BCUT2D eigenvalue weighted by molar-refractivity contribution is -0.139. The Morgan fingerprint density at radius 3 is 2.59 bits per heavy atom. The van der Waals surface area contributed by atoms with E-state index < -0.39 is 17.7 Å². The van der Waals surface area contributed by atoms with E-state index in [1.807, 2.05) is 32.0 Å². The summed E-state index contributed by atoms with van der Waals surface area (Å²) in [4.78, 5) is 11.4. The fourth-order valence-corrected chi connectivity index (χ4v) is 2.42. The largest absolute Gasteiger partial charge is 0.493 e. The van der Waals surface area contributed by atoms with E-state index in [4.69, 9.17) is 4.74 Å². The lowest BCUT2D eigenvalue weighted by Gasteiger charge is -2.15. The molecule has 0 saturated carbocycles. The molecule has 116 valence electrons. The van der Waals surface area contributed by atoms with Crippen molar-refractivity contribution >= 4 is 5.97 Å². The summed E-state index contributed by atoms with van der Waals surface area (Å²) in [6.07, 6.45) is 0.212. The quantitative estimate of drug-likeness (QED) is 0.874. The molecule has 0 aliphatic carbocycles.